The molecule has 0 heterocycles. The number of rotatable bonds is 3. The highest BCUT2D eigenvalue weighted by atomic mass is 16.5. The maximum atomic E-state index is 12.9. The van der Waals surface area contributed by atoms with Gasteiger partial charge in [0.25, 0.3) is 0 Å². The number of aryl methyl sites for hydroxylation is 1. The highest BCUT2D eigenvalue weighted by Crippen LogP contribution is 2.59. The third-order valence-corrected chi connectivity index (χ3v) is 5.27. The van der Waals surface area contributed by atoms with E-state index in [4.69, 9.17) is 4.74 Å². The average Bonchev–Trinajstić information content (AvgIpc) is 3.08. The van der Waals surface area contributed by atoms with Crippen molar-refractivity contribution in [1.29, 1.82) is 0 Å². The van der Waals surface area contributed by atoms with Crippen LogP contribution in [0.5, 0.6) is 0 Å². The van der Waals surface area contributed by atoms with E-state index in [1.807, 2.05) is 0 Å². The lowest BCUT2D eigenvalue weighted by molar-refractivity contribution is -0.159. The molecule has 2 aliphatic rings. The molecule has 22 heavy (non-hydrogen) atoms. The molecule has 1 aromatic rings. The molecule has 1 saturated carbocycles. The third-order valence-electron chi connectivity index (χ3n) is 5.27. The van der Waals surface area contributed by atoms with Crippen LogP contribution >= 0.6 is 0 Å². The Morgan fingerprint density at radius 1 is 1.32 bits per heavy atom. The molecule has 2 nitrogen and oxygen atoms in total. The van der Waals surface area contributed by atoms with Crippen molar-refractivity contribution in [2.75, 3.05) is 0 Å². The number of hydrogen-bond acceptors (Lipinski definition) is 2. The molecular formula is C20H28O2. The molecule has 3 atom stereocenters. The maximum Gasteiger partial charge on any atom is 0.312 e. The smallest absolute Gasteiger partial charge is 0.312 e. The molecule has 0 saturated heterocycles. The van der Waals surface area contributed by atoms with Crippen molar-refractivity contribution >= 4 is 5.97 Å². The average molecular weight is 300 g/mol. The lowest BCUT2D eigenvalue weighted by Gasteiger charge is -2.30. The second-order valence-corrected chi connectivity index (χ2v) is 8.48. The summed E-state index contributed by atoms with van der Waals surface area (Å²) in [5.74, 6) is 0.495. The number of carbonyl (C=O) groups is 1. The molecule has 1 fully saturated rings. The summed E-state index contributed by atoms with van der Waals surface area (Å²) in [4.78, 5) is 12.9. The molecule has 0 amide bonds. The maximum absolute atomic E-state index is 12.9. The minimum absolute atomic E-state index is 0.0385. The summed E-state index contributed by atoms with van der Waals surface area (Å²) >= 11 is 0. The summed E-state index contributed by atoms with van der Waals surface area (Å²) in [6, 6.07) is 8.42. The topological polar surface area (TPSA) is 26.3 Å². The zero-order valence-corrected chi connectivity index (χ0v) is 14.3. The molecule has 0 aliphatic heterocycles. The lowest BCUT2D eigenvalue weighted by Crippen LogP contribution is -2.28. The second kappa shape index (κ2) is 5.40. The van der Waals surface area contributed by atoms with Crippen LogP contribution in [-0.4, -0.2) is 5.97 Å². The van der Waals surface area contributed by atoms with Gasteiger partial charge in [0.1, 0.15) is 6.10 Å². The molecule has 2 aliphatic carbocycles. The first kappa shape index (κ1) is 15.6. The Labute approximate surface area is 134 Å². The monoisotopic (exact) mass is 300 g/mol. The molecule has 2 heteroatoms. The van der Waals surface area contributed by atoms with E-state index in [1.54, 1.807) is 0 Å². The SMILES string of the molecule is CC1CC1(CC(C)(C)C)C(=O)OC1CCCc2ccccc21. The van der Waals surface area contributed by atoms with Crippen LogP contribution in [0.4, 0.5) is 0 Å². The van der Waals surface area contributed by atoms with E-state index in [1.165, 1.54) is 11.1 Å². The van der Waals surface area contributed by atoms with E-state index in [0.717, 1.165) is 32.1 Å². The van der Waals surface area contributed by atoms with Gasteiger partial charge in [0.2, 0.25) is 0 Å². The number of fused-ring (bicyclic) bond motifs is 1. The Balaban J connectivity index is 1.75. The highest BCUT2D eigenvalue weighted by molar-refractivity contribution is 5.81. The first-order valence-corrected chi connectivity index (χ1v) is 8.61. The third kappa shape index (κ3) is 2.93. The fourth-order valence-corrected chi connectivity index (χ4v) is 4.12. The quantitative estimate of drug-likeness (QED) is 0.728. The largest absolute Gasteiger partial charge is 0.457 e. The van der Waals surface area contributed by atoms with Crippen molar-refractivity contribution in [2.24, 2.45) is 16.7 Å². The van der Waals surface area contributed by atoms with Crippen molar-refractivity contribution in [1.82, 2.24) is 0 Å². The first-order chi connectivity index (χ1) is 10.3. The lowest BCUT2D eigenvalue weighted by atomic mass is 9.81. The fraction of sp³-hybridized carbons (Fsp3) is 0.650. The van der Waals surface area contributed by atoms with Crippen molar-refractivity contribution in [3.63, 3.8) is 0 Å². The Kier molecular flexibility index (Phi) is 3.82. The first-order valence-electron chi connectivity index (χ1n) is 8.61. The number of benzene rings is 1. The Morgan fingerprint density at radius 2 is 2.00 bits per heavy atom. The van der Waals surface area contributed by atoms with Crippen molar-refractivity contribution in [3.8, 4) is 0 Å². The van der Waals surface area contributed by atoms with E-state index in [0.29, 0.717) is 5.92 Å². The van der Waals surface area contributed by atoms with Gasteiger partial charge in [-0.2, -0.15) is 0 Å². The Bertz CT molecular complexity index is 569. The molecule has 3 rings (SSSR count). The number of ether oxygens (including phenoxy) is 1. The minimum atomic E-state index is -0.232. The van der Waals surface area contributed by atoms with Crippen LogP contribution in [0.3, 0.4) is 0 Å². The van der Waals surface area contributed by atoms with Gasteiger partial charge in [-0.15, -0.1) is 0 Å². The van der Waals surface area contributed by atoms with Crippen LogP contribution in [0.1, 0.15) is 70.6 Å². The molecule has 120 valence electrons. The molecular weight excluding hydrogens is 272 g/mol. The van der Waals surface area contributed by atoms with E-state index >= 15 is 0 Å². The van der Waals surface area contributed by atoms with E-state index < -0.39 is 0 Å². The van der Waals surface area contributed by atoms with Crippen LogP contribution in [0.2, 0.25) is 0 Å². The predicted octanol–water partition coefficient (Wildman–Crippen LogP) is 5.07. The number of esters is 1. The van der Waals surface area contributed by atoms with Crippen molar-refractivity contribution in [3.05, 3.63) is 35.4 Å². The van der Waals surface area contributed by atoms with Crippen LogP contribution in [0.25, 0.3) is 0 Å². The van der Waals surface area contributed by atoms with Gasteiger partial charge in [-0.3, -0.25) is 4.79 Å². The second-order valence-electron chi connectivity index (χ2n) is 8.48. The van der Waals surface area contributed by atoms with Gasteiger partial charge < -0.3 is 4.74 Å². The standard InChI is InChI=1S/C20H28O2/c1-14-12-20(14,13-19(2,3)4)18(21)22-17-11-7-9-15-8-5-6-10-16(15)17/h5-6,8,10,14,17H,7,9,11-13H2,1-4H3. The van der Waals surface area contributed by atoms with Gasteiger partial charge in [0.05, 0.1) is 5.41 Å². The summed E-state index contributed by atoms with van der Waals surface area (Å²) in [7, 11) is 0. The van der Waals surface area contributed by atoms with Crippen molar-refractivity contribution < 1.29 is 9.53 Å². The summed E-state index contributed by atoms with van der Waals surface area (Å²) in [6.07, 6.45) is 5.04. The normalized spacial score (nSPS) is 30.5. The highest BCUT2D eigenvalue weighted by Gasteiger charge is 2.60. The summed E-state index contributed by atoms with van der Waals surface area (Å²) in [5, 5.41) is 0. The van der Waals surface area contributed by atoms with Gasteiger partial charge in [0.15, 0.2) is 0 Å². The summed E-state index contributed by atoms with van der Waals surface area (Å²) in [5.41, 5.74) is 2.50. The predicted molar refractivity (Wildman–Crippen MR) is 88.5 cm³/mol. The van der Waals surface area contributed by atoms with Gasteiger partial charge >= 0.3 is 5.97 Å². The van der Waals surface area contributed by atoms with Crippen LogP contribution in [0.15, 0.2) is 24.3 Å². The minimum Gasteiger partial charge on any atom is -0.457 e. The summed E-state index contributed by atoms with van der Waals surface area (Å²) in [6.45, 7) is 8.82. The van der Waals surface area contributed by atoms with Gasteiger partial charge in [-0.1, -0.05) is 52.0 Å². The Morgan fingerprint density at radius 3 is 2.64 bits per heavy atom. The van der Waals surface area contributed by atoms with Crippen LogP contribution in [0, 0.1) is 16.7 Å². The van der Waals surface area contributed by atoms with Crippen LogP contribution < -0.4 is 0 Å². The van der Waals surface area contributed by atoms with E-state index in [-0.39, 0.29) is 22.9 Å². The molecule has 0 N–H and O–H groups in total. The van der Waals surface area contributed by atoms with Gasteiger partial charge in [0, 0.05) is 0 Å². The van der Waals surface area contributed by atoms with Gasteiger partial charge in [-0.25, -0.2) is 0 Å². The zero-order chi connectivity index (χ0) is 16.0. The molecule has 1 aromatic carbocycles. The molecule has 0 spiro atoms. The molecule has 3 unspecified atom stereocenters. The Hall–Kier alpha value is -1.31. The zero-order valence-electron chi connectivity index (χ0n) is 14.3. The summed E-state index contributed by atoms with van der Waals surface area (Å²) < 4.78 is 6.02. The van der Waals surface area contributed by atoms with E-state index in [2.05, 4.69) is 52.0 Å². The molecule has 0 radical (unpaired) electrons. The fourth-order valence-electron chi connectivity index (χ4n) is 4.12. The number of carbonyl (C=O) groups excluding carboxylic acids is 1. The molecule has 0 bridgehead atoms. The molecule has 0 aromatic heterocycles. The van der Waals surface area contributed by atoms with Gasteiger partial charge in [-0.05, 0) is 54.6 Å². The van der Waals surface area contributed by atoms with E-state index in [9.17, 15) is 4.79 Å². The van der Waals surface area contributed by atoms with Crippen molar-refractivity contribution in [2.45, 2.75) is 65.9 Å². The number of hydrogen-bond donors (Lipinski definition) is 0. The van der Waals surface area contributed by atoms with Crippen LogP contribution in [-0.2, 0) is 16.0 Å².